The molecular weight excluding hydrogens is 231 g/mol. The molecule has 84 valence electrons. The van der Waals surface area contributed by atoms with E-state index in [2.05, 4.69) is 12.2 Å². The van der Waals surface area contributed by atoms with E-state index in [1.54, 1.807) is 0 Å². The minimum Gasteiger partial charge on any atom is -0.312 e. The number of rotatable bonds is 4. The predicted octanol–water partition coefficient (Wildman–Crippen LogP) is 2.72. The minimum atomic E-state index is -4.08. The van der Waals surface area contributed by atoms with Gasteiger partial charge in [0.2, 0.25) is 0 Å². The van der Waals surface area contributed by atoms with Gasteiger partial charge < -0.3 is 5.32 Å². The maximum atomic E-state index is 11.7. The number of halogens is 3. The van der Waals surface area contributed by atoms with Gasteiger partial charge in [-0.05, 0) is 18.2 Å². The Kier molecular flexibility index (Phi) is 4.93. The third-order valence-electron chi connectivity index (χ3n) is 2.00. The lowest BCUT2D eigenvalue weighted by molar-refractivity contribution is -0.0327. The third kappa shape index (κ3) is 5.36. The summed E-state index contributed by atoms with van der Waals surface area (Å²) < 4.78 is 35.2. The van der Waals surface area contributed by atoms with E-state index in [9.17, 15) is 13.2 Å². The number of alkyl halides is 3. The van der Waals surface area contributed by atoms with Crippen molar-refractivity contribution in [3.63, 3.8) is 0 Å². The van der Waals surface area contributed by atoms with E-state index >= 15 is 0 Å². The van der Waals surface area contributed by atoms with Crippen LogP contribution >= 0.6 is 23.5 Å². The molecule has 1 aliphatic heterocycles. The van der Waals surface area contributed by atoms with Crippen molar-refractivity contribution in [3.05, 3.63) is 0 Å². The van der Waals surface area contributed by atoms with Gasteiger partial charge in [0.05, 0.1) is 0 Å². The topological polar surface area (TPSA) is 12.0 Å². The average Bonchev–Trinajstić information content (AvgIpc) is 2.44. The van der Waals surface area contributed by atoms with E-state index in [4.69, 9.17) is 0 Å². The zero-order valence-electron chi connectivity index (χ0n) is 7.93. The molecule has 0 radical (unpaired) electrons. The van der Waals surface area contributed by atoms with Gasteiger partial charge in [-0.25, -0.2) is 0 Å². The summed E-state index contributed by atoms with van der Waals surface area (Å²) in [5, 5.41) is 3.78. The zero-order valence-corrected chi connectivity index (χ0v) is 9.57. The van der Waals surface area contributed by atoms with Gasteiger partial charge in [0, 0.05) is 29.3 Å². The van der Waals surface area contributed by atoms with Crippen LogP contribution in [0.2, 0.25) is 0 Å². The monoisotopic (exact) mass is 245 g/mol. The molecule has 1 rings (SSSR count). The van der Waals surface area contributed by atoms with E-state index in [1.165, 1.54) is 0 Å². The lowest BCUT2D eigenvalue weighted by atomic mass is 10.2. The van der Waals surface area contributed by atoms with Crippen LogP contribution in [0.15, 0.2) is 0 Å². The third-order valence-corrected chi connectivity index (χ3v) is 4.09. The first-order chi connectivity index (χ1) is 6.47. The molecule has 0 amide bonds. The van der Waals surface area contributed by atoms with E-state index < -0.39 is 5.51 Å². The van der Waals surface area contributed by atoms with E-state index in [1.807, 2.05) is 11.8 Å². The van der Waals surface area contributed by atoms with Gasteiger partial charge >= 0.3 is 5.51 Å². The maximum Gasteiger partial charge on any atom is 0.441 e. The number of nitrogens with one attached hydrogen (secondary N) is 1. The standard InChI is InChI=1S/C8H14F3NS2/c1-6-4-7(5-13-6)12-2-3-14-8(9,10)11/h6-7,12H,2-5H2,1H3. The molecule has 1 N–H and O–H groups in total. The smallest absolute Gasteiger partial charge is 0.312 e. The fourth-order valence-electron chi connectivity index (χ4n) is 1.39. The highest BCUT2D eigenvalue weighted by molar-refractivity contribution is 8.00. The van der Waals surface area contributed by atoms with Crippen molar-refractivity contribution in [2.75, 3.05) is 18.1 Å². The number of hydrogen-bond acceptors (Lipinski definition) is 3. The van der Waals surface area contributed by atoms with Crippen LogP contribution in [0, 0.1) is 0 Å². The lowest BCUT2D eigenvalue weighted by Gasteiger charge is -2.11. The van der Waals surface area contributed by atoms with Crippen molar-refractivity contribution >= 4 is 23.5 Å². The van der Waals surface area contributed by atoms with Crippen molar-refractivity contribution in [1.29, 1.82) is 0 Å². The molecule has 0 aliphatic carbocycles. The molecule has 1 nitrogen and oxygen atoms in total. The molecule has 0 bridgehead atoms. The van der Waals surface area contributed by atoms with Crippen molar-refractivity contribution in [2.45, 2.75) is 30.1 Å². The number of thioether (sulfide) groups is 2. The summed E-state index contributed by atoms with van der Waals surface area (Å²) in [5.74, 6) is 1.14. The second-order valence-corrected chi connectivity index (χ2v) is 5.96. The summed E-state index contributed by atoms with van der Waals surface area (Å²) in [6.45, 7) is 2.60. The highest BCUT2D eigenvalue weighted by Gasteiger charge is 2.28. The Balaban J connectivity index is 1.99. The molecule has 0 aromatic carbocycles. The van der Waals surface area contributed by atoms with Gasteiger partial charge in [-0.15, -0.1) is 0 Å². The average molecular weight is 245 g/mol. The Morgan fingerprint density at radius 1 is 1.50 bits per heavy atom. The molecule has 0 spiro atoms. The first-order valence-electron chi connectivity index (χ1n) is 4.53. The molecule has 2 atom stereocenters. The second-order valence-electron chi connectivity index (χ2n) is 3.32. The van der Waals surface area contributed by atoms with Gasteiger partial charge in [-0.3, -0.25) is 0 Å². The van der Waals surface area contributed by atoms with Crippen molar-refractivity contribution in [2.24, 2.45) is 0 Å². The van der Waals surface area contributed by atoms with Crippen molar-refractivity contribution in [1.82, 2.24) is 5.32 Å². The molecule has 0 aromatic heterocycles. The van der Waals surface area contributed by atoms with Crippen molar-refractivity contribution < 1.29 is 13.2 Å². The molecule has 0 aromatic rings. The Morgan fingerprint density at radius 2 is 2.21 bits per heavy atom. The molecular formula is C8H14F3NS2. The van der Waals surface area contributed by atoms with Crippen LogP contribution in [0.5, 0.6) is 0 Å². The molecule has 2 unspecified atom stereocenters. The Labute approximate surface area is 90.6 Å². The molecule has 14 heavy (non-hydrogen) atoms. The van der Waals surface area contributed by atoms with E-state index in [0.717, 1.165) is 12.2 Å². The van der Waals surface area contributed by atoms with Gasteiger partial charge in [-0.2, -0.15) is 24.9 Å². The summed E-state index contributed by atoms with van der Waals surface area (Å²) in [7, 11) is 0. The quantitative estimate of drug-likeness (QED) is 0.765. The van der Waals surface area contributed by atoms with Crippen LogP contribution in [0.25, 0.3) is 0 Å². The van der Waals surface area contributed by atoms with Crippen LogP contribution in [0.3, 0.4) is 0 Å². The van der Waals surface area contributed by atoms with Crippen LogP contribution in [0.4, 0.5) is 13.2 Å². The minimum absolute atomic E-state index is 0.0484. The molecule has 1 saturated heterocycles. The zero-order chi connectivity index (χ0) is 10.6. The van der Waals surface area contributed by atoms with Crippen LogP contribution in [0.1, 0.15) is 13.3 Å². The van der Waals surface area contributed by atoms with Gasteiger partial charge in [0.25, 0.3) is 0 Å². The fourth-order valence-corrected chi connectivity index (χ4v) is 3.02. The van der Waals surface area contributed by atoms with Crippen molar-refractivity contribution in [3.8, 4) is 0 Å². The fraction of sp³-hybridized carbons (Fsp3) is 1.00. The Morgan fingerprint density at radius 3 is 2.71 bits per heavy atom. The Bertz CT molecular complexity index is 174. The largest absolute Gasteiger partial charge is 0.441 e. The summed E-state index contributed by atoms with van der Waals surface area (Å²) in [6, 6.07) is 0.406. The first-order valence-corrected chi connectivity index (χ1v) is 6.56. The molecule has 6 heteroatoms. The Hall–Kier alpha value is 0.450. The molecule has 0 saturated carbocycles. The van der Waals surface area contributed by atoms with Crippen LogP contribution in [-0.2, 0) is 0 Å². The van der Waals surface area contributed by atoms with Gasteiger partial charge in [-0.1, -0.05) is 6.92 Å². The number of hydrogen-bond donors (Lipinski definition) is 1. The van der Waals surface area contributed by atoms with E-state index in [0.29, 0.717) is 17.8 Å². The summed E-state index contributed by atoms with van der Waals surface area (Å²) in [5.41, 5.74) is -4.08. The second kappa shape index (κ2) is 5.51. The van der Waals surface area contributed by atoms with Gasteiger partial charge in [0.15, 0.2) is 0 Å². The first kappa shape index (κ1) is 12.5. The predicted molar refractivity (Wildman–Crippen MR) is 56.8 cm³/mol. The highest BCUT2D eigenvalue weighted by Crippen LogP contribution is 2.30. The molecule has 1 heterocycles. The highest BCUT2D eigenvalue weighted by atomic mass is 32.2. The molecule has 1 aliphatic rings. The summed E-state index contributed by atoms with van der Waals surface area (Å²) in [4.78, 5) is 0. The van der Waals surface area contributed by atoms with E-state index in [-0.39, 0.29) is 17.5 Å². The lowest BCUT2D eigenvalue weighted by Crippen LogP contribution is -2.31. The van der Waals surface area contributed by atoms with Crippen LogP contribution < -0.4 is 5.32 Å². The van der Waals surface area contributed by atoms with Gasteiger partial charge in [0.1, 0.15) is 0 Å². The normalized spacial score (nSPS) is 28.3. The summed E-state index contributed by atoms with van der Waals surface area (Å²) in [6.07, 6.45) is 1.07. The summed E-state index contributed by atoms with van der Waals surface area (Å²) >= 11 is 1.93. The maximum absolute atomic E-state index is 11.7. The van der Waals surface area contributed by atoms with Crippen LogP contribution in [-0.4, -0.2) is 34.9 Å². The molecule has 1 fully saturated rings. The SMILES string of the molecule is CC1CC(NCCSC(F)(F)F)CS1.